The highest BCUT2D eigenvalue weighted by molar-refractivity contribution is 14.1. The van der Waals surface area contributed by atoms with Gasteiger partial charge in [-0.25, -0.2) is 4.98 Å². The van der Waals surface area contributed by atoms with Crippen molar-refractivity contribution in [3.05, 3.63) is 9.90 Å². The third-order valence-corrected chi connectivity index (χ3v) is 2.39. The minimum atomic E-state index is 0.774. The minimum absolute atomic E-state index is 0.774. The van der Waals surface area contributed by atoms with Crippen LogP contribution in [0.25, 0.3) is 0 Å². The molecule has 0 fully saturated rings. The Kier molecular flexibility index (Phi) is 1.55. The molecule has 10 heavy (non-hydrogen) atoms. The van der Waals surface area contributed by atoms with Gasteiger partial charge in [0, 0.05) is 6.54 Å². The van der Waals surface area contributed by atoms with Crippen LogP contribution in [0.2, 0.25) is 0 Å². The highest BCUT2D eigenvalue weighted by atomic mass is 127. The van der Waals surface area contributed by atoms with Gasteiger partial charge in [0.25, 0.3) is 6.01 Å². The third kappa shape index (κ3) is 0.902. The predicted octanol–water partition coefficient (Wildman–Crippen LogP) is 1.27. The summed E-state index contributed by atoms with van der Waals surface area (Å²) in [6, 6.07) is 0.774. The largest absolute Gasteiger partial charge is 0.465 e. The molecule has 1 aromatic rings. The van der Waals surface area contributed by atoms with Crippen LogP contribution in [0.3, 0.4) is 0 Å². The van der Waals surface area contributed by atoms with Gasteiger partial charge in [-0.3, -0.25) is 4.57 Å². The number of imidazole rings is 1. The van der Waals surface area contributed by atoms with Crippen LogP contribution in [0.15, 0.2) is 6.20 Å². The van der Waals surface area contributed by atoms with Crippen molar-refractivity contribution >= 4 is 22.6 Å². The van der Waals surface area contributed by atoms with Crippen LogP contribution in [0, 0.1) is 3.70 Å². The summed E-state index contributed by atoms with van der Waals surface area (Å²) in [5.41, 5.74) is 0. The molecule has 0 amide bonds. The van der Waals surface area contributed by atoms with E-state index in [1.807, 2.05) is 6.20 Å². The van der Waals surface area contributed by atoms with Crippen LogP contribution in [0.5, 0.6) is 6.01 Å². The van der Waals surface area contributed by atoms with Crippen molar-refractivity contribution in [1.29, 1.82) is 0 Å². The van der Waals surface area contributed by atoms with Crippen molar-refractivity contribution in [1.82, 2.24) is 9.55 Å². The van der Waals surface area contributed by atoms with Gasteiger partial charge in [-0.1, -0.05) is 0 Å². The van der Waals surface area contributed by atoms with Gasteiger partial charge < -0.3 is 4.74 Å². The summed E-state index contributed by atoms with van der Waals surface area (Å²) in [6.45, 7) is 1.86. The molecular weight excluding hydrogens is 243 g/mol. The monoisotopic (exact) mass is 250 g/mol. The van der Waals surface area contributed by atoms with Crippen LogP contribution in [0.4, 0.5) is 0 Å². The zero-order chi connectivity index (χ0) is 6.97. The highest BCUT2D eigenvalue weighted by Crippen LogP contribution is 2.18. The van der Waals surface area contributed by atoms with E-state index in [4.69, 9.17) is 4.74 Å². The van der Waals surface area contributed by atoms with Crippen molar-refractivity contribution in [2.45, 2.75) is 13.0 Å². The summed E-state index contributed by atoms with van der Waals surface area (Å²) in [7, 11) is 0. The molecule has 0 aromatic carbocycles. The molecule has 1 aliphatic rings. The molecule has 4 heteroatoms. The van der Waals surface area contributed by atoms with E-state index in [9.17, 15) is 0 Å². The number of nitrogens with zero attached hydrogens (tertiary/aromatic N) is 2. The first-order chi connectivity index (χ1) is 4.88. The molecule has 0 bridgehead atoms. The molecule has 0 saturated heterocycles. The van der Waals surface area contributed by atoms with Crippen molar-refractivity contribution in [3.63, 3.8) is 0 Å². The van der Waals surface area contributed by atoms with Crippen LogP contribution in [0.1, 0.15) is 6.42 Å². The Hall–Kier alpha value is -0.260. The fourth-order valence-corrected chi connectivity index (χ4v) is 1.63. The van der Waals surface area contributed by atoms with E-state index in [0.717, 1.165) is 29.3 Å². The molecule has 2 rings (SSSR count). The Bertz CT molecular complexity index is 246. The molecule has 0 radical (unpaired) electrons. The van der Waals surface area contributed by atoms with Crippen LogP contribution < -0.4 is 4.74 Å². The van der Waals surface area contributed by atoms with Crippen molar-refractivity contribution in [2.24, 2.45) is 0 Å². The number of fused-ring (bicyclic) bond motifs is 1. The molecule has 0 aliphatic carbocycles. The maximum atomic E-state index is 5.29. The van der Waals surface area contributed by atoms with E-state index in [-0.39, 0.29) is 0 Å². The van der Waals surface area contributed by atoms with Gasteiger partial charge in [0.15, 0.2) is 0 Å². The first kappa shape index (κ1) is 6.45. The average molecular weight is 250 g/mol. The van der Waals surface area contributed by atoms with Gasteiger partial charge in [-0.2, -0.15) is 0 Å². The fourth-order valence-electron chi connectivity index (χ4n) is 1.04. The van der Waals surface area contributed by atoms with E-state index in [1.165, 1.54) is 0 Å². The second-order valence-electron chi connectivity index (χ2n) is 2.22. The lowest BCUT2D eigenvalue weighted by molar-refractivity contribution is 0.229. The Morgan fingerprint density at radius 2 is 2.60 bits per heavy atom. The van der Waals surface area contributed by atoms with Gasteiger partial charge in [0.2, 0.25) is 0 Å². The molecule has 0 atom stereocenters. The topological polar surface area (TPSA) is 27.1 Å². The molecule has 3 nitrogen and oxygen atoms in total. The fraction of sp³-hybridized carbons (Fsp3) is 0.500. The van der Waals surface area contributed by atoms with Gasteiger partial charge in [0.05, 0.1) is 12.8 Å². The maximum absolute atomic E-state index is 5.29. The molecule has 0 saturated carbocycles. The summed E-state index contributed by atoms with van der Waals surface area (Å²) in [5.74, 6) is 0. The highest BCUT2D eigenvalue weighted by Gasteiger charge is 2.12. The van der Waals surface area contributed by atoms with Crippen molar-refractivity contribution in [2.75, 3.05) is 6.61 Å². The molecule has 1 aliphatic heterocycles. The van der Waals surface area contributed by atoms with E-state index < -0.39 is 0 Å². The van der Waals surface area contributed by atoms with Crippen LogP contribution in [-0.4, -0.2) is 16.2 Å². The van der Waals surface area contributed by atoms with Gasteiger partial charge in [-0.15, -0.1) is 0 Å². The first-order valence-corrected chi connectivity index (χ1v) is 4.29. The van der Waals surface area contributed by atoms with Crippen molar-refractivity contribution < 1.29 is 4.74 Å². The molecule has 54 valence electrons. The molecule has 2 heterocycles. The van der Waals surface area contributed by atoms with Gasteiger partial charge >= 0.3 is 0 Å². The second-order valence-corrected chi connectivity index (χ2v) is 3.32. The van der Waals surface area contributed by atoms with Gasteiger partial charge in [0.1, 0.15) is 3.70 Å². The van der Waals surface area contributed by atoms with E-state index in [2.05, 4.69) is 32.1 Å². The summed E-state index contributed by atoms with van der Waals surface area (Å²) in [6.07, 6.45) is 2.93. The standard InChI is InChI=1S/C6H7IN2O/c7-5-4-8-6-9(5)2-1-3-10-6/h4H,1-3H2. The lowest BCUT2D eigenvalue weighted by Crippen LogP contribution is -2.14. The summed E-state index contributed by atoms with van der Waals surface area (Å²) in [4.78, 5) is 4.09. The SMILES string of the molecule is Ic1cnc2n1CCCO2. The van der Waals surface area contributed by atoms with Crippen molar-refractivity contribution in [3.8, 4) is 6.01 Å². The first-order valence-electron chi connectivity index (χ1n) is 3.22. The number of aromatic nitrogens is 2. The molecule has 0 spiro atoms. The smallest absolute Gasteiger partial charge is 0.297 e. The predicted molar refractivity (Wildman–Crippen MR) is 45.1 cm³/mol. The van der Waals surface area contributed by atoms with Gasteiger partial charge in [-0.05, 0) is 29.0 Å². The zero-order valence-electron chi connectivity index (χ0n) is 5.38. The maximum Gasteiger partial charge on any atom is 0.297 e. The molecule has 0 N–H and O–H groups in total. The minimum Gasteiger partial charge on any atom is -0.465 e. The normalized spacial score (nSPS) is 16.1. The van der Waals surface area contributed by atoms with Crippen LogP contribution >= 0.6 is 22.6 Å². The Morgan fingerprint density at radius 3 is 3.40 bits per heavy atom. The number of rotatable bonds is 0. The number of halogens is 1. The molecular formula is C6H7IN2O. The Morgan fingerprint density at radius 1 is 1.70 bits per heavy atom. The van der Waals surface area contributed by atoms with E-state index >= 15 is 0 Å². The quantitative estimate of drug-likeness (QED) is 0.648. The number of hydrogen-bond acceptors (Lipinski definition) is 2. The zero-order valence-corrected chi connectivity index (χ0v) is 7.54. The van der Waals surface area contributed by atoms with E-state index in [1.54, 1.807) is 0 Å². The Balaban J connectivity index is 2.45. The third-order valence-electron chi connectivity index (χ3n) is 1.53. The van der Waals surface area contributed by atoms with E-state index in [0.29, 0.717) is 0 Å². The number of ether oxygens (including phenoxy) is 1. The second kappa shape index (κ2) is 2.41. The Labute approximate surface area is 72.5 Å². The lowest BCUT2D eigenvalue weighted by atomic mass is 10.4. The average Bonchev–Trinajstić information content (AvgIpc) is 2.34. The van der Waals surface area contributed by atoms with Crippen LogP contribution in [-0.2, 0) is 6.54 Å². The molecule has 0 unspecified atom stereocenters. The lowest BCUT2D eigenvalue weighted by Gasteiger charge is -2.14. The summed E-state index contributed by atoms with van der Waals surface area (Å²) >= 11 is 2.26. The molecule has 1 aromatic heterocycles. The summed E-state index contributed by atoms with van der Waals surface area (Å²) < 4.78 is 8.54. The number of hydrogen-bond donors (Lipinski definition) is 0. The summed E-state index contributed by atoms with van der Waals surface area (Å²) in [5, 5.41) is 0.